The molecule has 0 bridgehead atoms. The number of nitrogens with zero attached hydrogens (tertiary/aromatic N) is 4. The van der Waals surface area contributed by atoms with Gasteiger partial charge < -0.3 is 16.0 Å². The van der Waals surface area contributed by atoms with Crippen LogP contribution in [0, 0.1) is 6.92 Å². The maximum absolute atomic E-state index is 12.8. The van der Waals surface area contributed by atoms with E-state index in [9.17, 15) is 18.0 Å². The Hall–Kier alpha value is -3.76. The predicted molar refractivity (Wildman–Crippen MR) is 105 cm³/mol. The van der Waals surface area contributed by atoms with E-state index in [1.165, 1.54) is 7.05 Å². The standard InChI is InChI=1S/C19H18F3N7O/c1-11-5-12(13-8-25-17(26-9-13)27-10-16(30)23-2)7-14(6-11)28-18-24-4-3-15(29-18)19(20,21)22/h3-9H,10H2,1-2H3,(H,23,30)(H,24,28,29)(H,25,26,27). The molecule has 0 fully saturated rings. The van der Waals surface area contributed by atoms with Gasteiger partial charge in [0.1, 0.15) is 5.69 Å². The first-order chi connectivity index (χ1) is 14.2. The molecule has 0 aliphatic heterocycles. The first-order valence-electron chi connectivity index (χ1n) is 8.80. The summed E-state index contributed by atoms with van der Waals surface area (Å²) in [4.78, 5) is 27.0. The van der Waals surface area contributed by atoms with Crippen LogP contribution in [0.2, 0.25) is 0 Å². The van der Waals surface area contributed by atoms with Crippen molar-refractivity contribution in [3.63, 3.8) is 0 Å². The number of anilines is 3. The summed E-state index contributed by atoms with van der Waals surface area (Å²) >= 11 is 0. The molecule has 3 rings (SSSR count). The molecule has 156 valence electrons. The highest BCUT2D eigenvalue weighted by molar-refractivity contribution is 5.79. The van der Waals surface area contributed by atoms with Crippen LogP contribution in [0.3, 0.4) is 0 Å². The van der Waals surface area contributed by atoms with Gasteiger partial charge in [-0.2, -0.15) is 13.2 Å². The van der Waals surface area contributed by atoms with Crippen LogP contribution in [0.15, 0.2) is 42.9 Å². The van der Waals surface area contributed by atoms with Gasteiger partial charge in [-0.15, -0.1) is 0 Å². The van der Waals surface area contributed by atoms with Crippen LogP contribution in [0.1, 0.15) is 11.3 Å². The summed E-state index contributed by atoms with van der Waals surface area (Å²) in [5.41, 5.74) is 1.80. The molecule has 0 aliphatic rings. The number of aryl methyl sites for hydroxylation is 1. The van der Waals surface area contributed by atoms with Crippen molar-refractivity contribution >= 4 is 23.5 Å². The number of hydrogen-bond acceptors (Lipinski definition) is 7. The van der Waals surface area contributed by atoms with Gasteiger partial charge in [-0.3, -0.25) is 4.79 Å². The van der Waals surface area contributed by atoms with Gasteiger partial charge in [0, 0.05) is 36.9 Å². The monoisotopic (exact) mass is 417 g/mol. The van der Waals surface area contributed by atoms with Gasteiger partial charge in [-0.25, -0.2) is 19.9 Å². The second-order valence-corrected chi connectivity index (χ2v) is 6.30. The molecule has 0 spiro atoms. The highest BCUT2D eigenvalue weighted by atomic mass is 19.4. The van der Waals surface area contributed by atoms with E-state index in [4.69, 9.17) is 0 Å². The molecule has 30 heavy (non-hydrogen) atoms. The Morgan fingerprint density at radius 1 is 1.03 bits per heavy atom. The third kappa shape index (κ3) is 5.40. The van der Waals surface area contributed by atoms with Gasteiger partial charge in [-0.05, 0) is 36.2 Å². The average molecular weight is 417 g/mol. The number of carbonyl (C=O) groups is 1. The van der Waals surface area contributed by atoms with E-state index < -0.39 is 11.9 Å². The smallest absolute Gasteiger partial charge is 0.358 e. The number of rotatable bonds is 6. The third-order valence-corrected chi connectivity index (χ3v) is 3.95. The zero-order valence-corrected chi connectivity index (χ0v) is 16.1. The van der Waals surface area contributed by atoms with Crippen molar-refractivity contribution in [3.8, 4) is 11.1 Å². The van der Waals surface area contributed by atoms with Crippen LogP contribution in [-0.4, -0.2) is 39.4 Å². The zero-order chi connectivity index (χ0) is 21.7. The van der Waals surface area contributed by atoms with Crippen LogP contribution >= 0.6 is 0 Å². The van der Waals surface area contributed by atoms with Crippen molar-refractivity contribution in [2.75, 3.05) is 24.2 Å². The van der Waals surface area contributed by atoms with Gasteiger partial charge >= 0.3 is 6.18 Å². The SMILES string of the molecule is CNC(=O)CNc1ncc(-c2cc(C)cc(Nc3nccc(C(F)(F)F)n3)c2)cn1. The average Bonchev–Trinajstić information content (AvgIpc) is 2.71. The van der Waals surface area contributed by atoms with Gasteiger partial charge in [0.15, 0.2) is 0 Å². The lowest BCUT2D eigenvalue weighted by Gasteiger charge is -2.11. The molecule has 11 heteroatoms. The minimum atomic E-state index is -4.55. The Balaban J connectivity index is 1.79. The lowest BCUT2D eigenvalue weighted by molar-refractivity contribution is -0.141. The first-order valence-corrected chi connectivity index (χ1v) is 8.80. The number of amides is 1. The summed E-state index contributed by atoms with van der Waals surface area (Å²) in [6.07, 6.45) is -0.341. The molecule has 1 aromatic carbocycles. The van der Waals surface area contributed by atoms with Crippen molar-refractivity contribution in [1.82, 2.24) is 25.3 Å². The molecule has 0 unspecified atom stereocenters. The minimum Gasteiger partial charge on any atom is -0.358 e. The highest BCUT2D eigenvalue weighted by Gasteiger charge is 2.32. The zero-order valence-electron chi connectivity index (χ0n) is 16.1. The van der Waals surface area contributed by atoms with Gasteiger partial charge in [0.2, 0.25) is 17.8 Å². The molecule has 3 N–H and O–H groups in total. The molecule has 8 nitrogen and oxygen atoms in total. The fraction of sp³-hybridized carbons (Fsp3) is 0.211. The lowest BCUT2D eigenvalue weighted by Crippen LogP contribution is -2.26. The van der Waals surface area contributed by atoms with Crippen molar-refractivity contribution in [2.45, 2.75) is 13.1 Å². The number of benzene rings is 1. The van der Waals surface area contributed by atoms with Crippen molar-refractivity contribution in [1.29, 1.82) is 0 Å². The Morgan fingerprint density at radius 3 is 2.43 bits per heavy atom. The van der Waals surface area contributed by atoms with Gasteiger partial charge in [-0.1, -0.05) is 6.07 Å². The van der Waals surface area contributed by atoms with E-state index in [0.717, 1.165) is 23.4 Å². The maximum atomic E-state index is 12.8. The summed E-state index contributed by atoms with van der Waals surface area (Å²) in [7, 11) is 1.53. The Kier molecular flexibility index (Phi) is 6.09. The summed E-state index contributed by atoms with van der Waals surface area (Å²) in [6, 6.07) is 6.18. The second kappa shape index (κ2) is 8.72. The third-order valence-electron chi connectivity index (χ3n) is 3.95. The van der Waals surface area contributed by atoms with Gasteiger partial charge in [0.25, 0.3) is 0 Å². The van der Waals surface area contributed by atoms with E-state index in [-0.39, 0.29) is 18.4 Å². The normalized spacial score (nSPS) is 11.1. The minimum absolute atomic E-state index is 0.0470. The molecule has 0 saturated carbocycles. The quantitative estimate of drug-likeness (QED) is 0.566. The van der Waals surface area contributed by atoms with Gasteiger partial charge in [0.05, 0.1) is 6.54 Å². The predicted octanol–water partition coefficient (Wildman–Crippen LogP) is 3.16. The fourth-order valence-corrected chi connectivity index (χ4v) is 2.54. The molecule has 2 aromatic heterocycles. The highest BCUT2D eigenvalue weighted by Crippen LogP contribution is 2.29. The van der Waals surface area contributed by atoms with Crippen molar-refractivity contribution in [2.24, 2.45) is 0 Å². The van der Waals surface area contributed by atoms with Crippen molar-refractivity contribution < 1.29 is 18.0 Å². The molecule has 2 heterocycles. The number of nitrogens with one attached hydrogen (secondary N) is 3. The van der Waals surface area contributed by atoms with Crippen LogP contribution < -0.4 is 16.0 Å². The van der Waals surface area contributed by atoms with Crippen LogP contribution in [0.4, 0.5) is 30.8 Å². The van der Waals surface area contributed by atoms with E-state index in [0.29, 0.717) is 17.2 Å². The van der Waals surface area contributed by atoms with Crippen LogP contribution in [0.5, 0.6) is 0 Å². The number of alkyl halides is 3. The molecule has 0 radical (unpaired) electrons. The summed E-state index contributed by atoms with van der Waals surface area (Å²) in [5, 5.41) is 8.07. The summed E-state index contributed by atoms with van der Waals surface area (Å²) in [6.45, 7) is 1.90. The van der Waals surface area contributed by atoms with Crippen LogP contribution in [0.25, 0.3) is 11.1 Å². The molecule has 3 aromatic rings. The molecule has 0 saturated heterocycles. The first kappa shape index (κ1) is 21.0. The number of aromatic nitrogens is 4. The number of hydrogen-bond donors (Lipinski definition) is 3. The second-order valence-electron chi connectivity index (χ2n) is 6.30. The van der Waals surface area contributed by atoms with Crippen LogP contribution in [-0.2, 0) is 11.0 Å². The largest absolute Gasteiger partial charge is 0.433 e. The van der Waals surface area contributed by atoms with E-state index in [2.05, 4.69) is 35.9 Å². The summed E-state index contributed by atoms with van der Waals surface area (Å²) in [5.74, 6) is -0.0639. The number of carbonyl (C=O) groups excluding carboxylic acids is 1. The molecule has 0 aliphatic carbocycles. The maximum Gasteiger partial charge on any atom is 0.433 e. The number of likely N-dealkylation sites (N-methyl/N-ethyl adjacent to an activating group) is 1. The lowest BCUT2D eigenvalue weighted by atomic mass is 10.1. The van der Waals surface area contributed by atoms with E-state index in [1.54, 1.807) is 24.5 Å². The fourth-order valence-electron chi connectivity index (χ4n) is 2.54. The van der Waals surface area contributed by atoms with E-state index in [1.807, 2.05) is 13.0 Å². The van der Waals surface area contributed by atoms with E-state index >= 15 is 0 Å². The number of halogens is 3. The topological polar surface area (TPSA) is 105 Å². The van der Waals surface area contributed by atoms with Crippen molar-refractivity contribution in [3.05, 3.63) is 54.1 Å². The Labute approximate surface area is 170 Å². The summed E-state index contributed by atoms with van der Waals surface area (Å²) < 4.78 is 38.5. The molecular weight excluding hydrogens is 399 g/mol. The molecule has 1 amide bonds. The Morgan fingerprint density at radius 2 is 1.77 bits per heavy atom. The Bertz CT molecular complexity index is 1040. The molecular formula is C19H18F3N7O. The molecule has 0 atom stereocenters.